The number of rotatable bonds is 4. The summed E-state index contributed by atoms with van der Waals surface area (Å²) in [6, 6.07) is 15.9. The Kier molecular flexibility index (Phi) is 4.15. The van der Waals surface area contributed by atoms with Crippen LogP contribution in [0.25, 0.3) is 11.0 Å². The molecule has 23 heavy (non-hydrogen) atoms. The standard InChI is InChI=1S/C19H20N2O2/c1-13-8-10-15(11-9-13)14(2)21(3)19(22)12-17-16-6-4-5-7-18(16)23-20-17/h4-11,14H,12H2,1-3H3. The van der Waals surface area contributed by atoms with Gasteiger partial charge in [0.2, 0.25) is 5.91 Å². The first kappa shape index (κ1) is 15.3. The number of fused-ring (bicyclic) bond motifs is 1. The Balaban J connectivity index is 1.75. The molecule has 0 aliphatic rings. The molecule has 0 aliphatic carbocycles. The fourth-order valence-electron chi connectivity index (χ4n) is 2.62. The minimum Gasteiger partial charge on any atom is -0.356 e. The van der Waals surface area contributed by atoms with Gasteiger partial charge in [-0.15, -0.1) is 0 Å². The number of aryl methyl sites for hydroxylation is 1. The van der Waals surface area contributed by atoms with Crippen molar-refractivity contribution in [3.05, 3.63) is 65.4 Å². The SMILES string of the molecule is Cc1ccc(C(C)N(C)C(=O)Cc2noc3ccccc23)cc1. The van der Waals surface area contributed by atoms with Crippen molar-refractivity contribution in [1.82, 2.24) is 10.1 Å². The Morgan fingerprint density at radius 1 is 1.17 bits per heavy atom. The Labute approximate surface area is 135 Å². The third-order valence-corrected chi connectivity index (χ3v) is 4.30. The van der Waals surface area contributed by atoms with Crippen LogP contribution in [0.1, 0.15) is 29.8 Å². The highest BCUT2D eigenvalue weighted by atomic mass is 16.5. The molecule has 4 nitrogen and oxygen atoms in total. The van der Waals surface area contributed by atoms with Crippen LogP contribution in [0.5, 0.6) is 0 Å². The molecular formula is C19H20N2O2. The van der Waals surface area contributed by atoms with Crippen LogP contribution in [-0.2, 0) is 11.2 Å². The molecule has 1 atom stereocenters. The van der Waals surface area contributed by atoms with Crippen molar-refractivity contribution in [3.8, 4) is 0 Å². The van der Waals surface area contributed by atoms with Crippen LogP contribution in [-0.4, -0.2) is 23.0 Å². The number of aromatic nitrogens is 1. The van der Waals surface area contributed by atoms with Crippen molar-refractivity contribution in [3.63, 3.8) is 0 Å². The number of hydrogen-bond donors (Lipinski definition) is 0. The molecule has 3 rings (SSSR count). The van der Waals surface area contributed by atoms with Gasteiger partial charge in [0.1, 0.15) is 5.69 Å². The van der Waals surface area contributed by atoms with Gasteiger partial charge in [-0.25, -0.2) is 0 Å². The number of benzene rings is 2. The first-order chi connectivity index (χ1) is 11.1. The number of amides is 1. The number of hydrogen-bond acceptors (Lipinski definition) is 3. The quantitative estimate of drug-likeness (QED) is 0.734. The molecule has 0 radical (unpaired) electrons. The number of carbonyl (C=O) groups excluding carboxylic acids is 1. The van der Waals surface area contributed by atoms with Crippen molar-refractivity contribution in [2.24, 2.45) is 0 Å². The molecule has 0 saturated carbocycles. The van der Waals surface area contributed by atoms with Crippen molar-refractivity contribution in [1.29, 1.82) is 0 Å². The summed E-state index contributed by atoms with van der Waals surface area (Å²) in [5, 5.41) is 4.94. The van der Waals surface area contributed by atoms with E-state index in [-0.39, 0.29) is 18.4 Å². The molecule has 0 aliphatic heterocycles. The lowest BCUT2D eigenvalue weighted by atomic mass is 10.0. The normalized spacial score (nSPS) is 12.3. The Hall–Kier alpha value is -2.62. The van der Waals surface area contributed by atoms with Crippen molar-refractivity contribution < 1.29 is 9.32 Å². The number of nitrogens with zero attached hydrogens (tertiary/aromatic N) is 2. The maximum atomic E-state index is 12.6. The van der Waals surface area contributed by atoms with Gasteiger partial charge < -0.3 is 9.42 Å². The molecule has 1 unspecified atom stereocenters. The molecule has 0 fully saturated rings. The largest absolute Gasteiger partial charge is 0.356 e. The van der Waals surface area contributed by atoms with Crippen LogP contribution in [0.3, 0.4) is 0 Å². The number of likely N-dealkylation sites (N-methyl/N-ethyl adjacent to an activating group) is 1. The Bertz CT molecular complexity index is 821. The molecule has 0 spiro atoms. The van der Waals surface area contributed by atoms with E-state index >= 15 is 0 Å². The van der Waals surface area contributed by atoms with Crippen LogP contribution in [0.4, 0.5) is 0 Å². The summed E-state index contributed by atoms with van der Waals surface area (Å²) in [6.07, 6.45) is 0.240. The maximum absolute atomic E-state index is 12.6. The zero-order valence-electron chi connectivity index (χ0n) is 13.6. The molecule has 1 aromatic heterocycles. The minimum absolute atomic E-state index is 0.0151. The van der Waals surface area contributed by atoms with E-state index in [9.17, 15) is 4.79 Å². The summed E-state index contributed by atoms with van der Waals surface area (Å²) in [7, 11) is 1.83. The second kappa shape index (κ2) is 6.24. The monoisotopic (exact) mass is 308 g/mol. The lowest BCUT2D eigenvalue weighted by Crippen LogP contribution is -2.31. The van der Waals surface area contributed by atoms with Crippen molar-refractivity contribution >= 4 is 16.9 Å². The van der Waals surface area contributed by atoms with Gasteiger partial charge in [-0.3, -0.25) is 4.79 Å². The van der Waals surface area contributed by atoms with E-state index in [1.54, 1.807) is 4.90 Å². The van der Waals surface area contributed by atoms with E-state index in [4.69, 9.17) is 4.52 Å². The zero-order valence-corrected chi connectivity index (χ0v) is 13.6. The summed E-state index contributed by atoms with van der Waals surface area (Å²) in [4.78, 5) is 14.3. The number of para-hydroxylation sites is 1. The molecule has 0 bridgehead atoms. The molecule has 0 N–H and O–H groups in total. The molecule has 4 heteroatoms. The minimum atomic E-state index is 0.0151. The molecule has 2 aromatic carbocycles. The zero-order chi connectivity index (χ0) is 16.4. The molecular weight excluding hydrogens is 288 g/mol. The molecule has 1 amide bonds. The molecule has 0 saturated heterocycles. The Morgan fingerprint density at radius 2 is 1.87 bits per heavy atom. The lowest BCUT2D eigenvalue weighted by Gasteiger charge is -2.25. The van der Waals surface area contributed by atoms with Gasteiger partial charge in [-0.2, -0.15) is 0 Å². The summed E-state index contributed by atoms with van der Waals surface area (Å²) < 4.78 is 5.27. The van der Waals surface area contributed by atoms with Crippen molar-refractivity contribution in [2.45, 2.75) is 26.3 Å². The second-order valence-corrected chi connectivity index (χ2v) is 5.89. The van der Waals surface area contributed by atoms with Crippen LogP contribution in [0.2, 0.25) is 0 Å². The number of carbonyl (C=O) groups is 1. The maximum Gasteiger partial charge on any atom is 0.228 e. The average molecular weight is 308 g/mol. The third kappa shape index (κ3) is 3.11. The summed E-state index contributed by atoms with van der Waals surface area (Å²) in [5.74, 6) is 0.0251. The van der Waals surface area contributed by atoms with Gasteiger partial charge >= 0.3 is 0 Å². The fraction of sp³-hybridized carbons (Fsp3) is 0.263. The highest BCUT2D eigenvalue weighted by Crippen LogP contribution is 2.22. The van der Waals surface area contributed by atoms with Crippen molar-refractivity contribution in [2.75, 3.05) is 7.05 Å². The second-order valence-electron chi connectivity index (χ2n) is 5.89. The van der Waals surface area contributed by atoms with E-state index in [1.807, 2.05) is 38.2 Å². The van der Waals surface area contributed by atoms with Crippen LogP contribution < -0.4 is 0 Å². The summed E-state index contributed by atoms with van der Waals surface area (Å²) in [6.45, 7) is 4.09. The highest BCUT2D eigenvalue weighted by Gasteiger charge is 2.20. The van der Waals surface area contributed by atoms with E-state index in [2.05, 4.69) is 36.3 Å². The van der Waals surface area contributed by atoms with E-state index in [1.165, 1.54) is 5.56 Å². The molecule has 3 aromatic rings. The smallest absolute Gasteiger partial charge is 0.228 e. The van der Waals surface area contributed by atoms with Gasteiger partial charge in [-0.1, -0.05) is 47.1 Å². The molecule has 1 heterocycles. The highest BCUT2D eigenvalue weighted by molar-refractivity contribution is 5.86. The fourth-order valence-corrected chi connectivity index (χ4v) is 2.62. The lowest BCUT2D eigenvalue weighted by molar-refractivity contribution is -0.131. The van der Waals surface area contributed by atoms with Gasteiger partial charge in [0.15, 0.2) is 5.58 Å². The van der Waals surface area contributed by atoms with E-state index in [0.29, 0.717) is 11.3 Å². The first-order valence-corrected chi connectivity index (χ1v) is 7.72. The Morgan fingerprint density at radius 3 is 2.61 bits per heavy atom. The van der Waals surface area contributed by atoms with Crippen LogP contribution in [0.15, 0.2) is 53.1 Å². The molecule has 118 valence electrons. The van der Waals surface area contributed by atoms with Gasteiger partial charge in [0.05, 0.1) is 12.5 Å². The summed E-state index contributed by atoms with van der Waals surface area (Å²) >= 11 is 0. The van der Waals surface area contributed by atoms with E-state index in [0.717, 1.165) is 10.9 Å². The van der Waals surface area contributed by atoms with Crippen LogP contribution >= 0.6 is 0 Å². The van der Waals surface area contributed by atoms with Gasteiger partial charge in [0.25, 0.3) is 0 Å². The topological polar surface area (TPSA) is 46.3 Å². The van der Waals surface area contributed by atoms with E-state index < -0.39 is 0 Å². The van der Waals surface area contributed by atoms with Gasteiger partial charge in [-0.05, 0) is 31.5 Å². The first-order valence-electron chi connectivity index (χ1n) is 7.72. The summed E-state index contributed by atoms with van der Waals surface area (Å²) in [5.41, 5.74) is 3.73. The average Bonchev–Trinajstić information content (AvgIpc) is 2.97. The predicted molar refractivity (Wildman–Crippen MR) is 90.1 cm³/mol. The third-order valence-electron chi connectivity index (χ3n) is 4.30. The van der Waals surface area contributed by atoms with Crippen LogP contribution in [0, 0.1) is 6.92 Å². The predicted octanol–water partition coefficient (Wildman–Crippen LogP) is 3.90. The van der Waals surface area contributed by atoms with Gasteiger partial charge in [0, 0.05) is 12.4 Å².